The molecule has 8 nitrogen and oxygen atoms in total. The first-order valence-electron chi connectivity index (χ1n) is 15.5. The maximum atomic E-state index is 13.4. The summed E-state index contributed by atoms with van der Waals surface area (Å²) < 4.78 is 5.49. The Morgan fingerprint density at radius 2 is 1.71 bits per heavy atom. The van der Waals surface area contributed by atoms with Crippen LogP contribution in [0.2, 0.25) is 0 Å². The topological polar surface area (TPSA) is 91.0 Å². The minimum Gasteiger partial charge on any atom is -0.444 e. The highest BCUT2D eigenvalue weighted by Gasteiger charge is 2.28. The molecule has 1 atom stereocenters. The van der Waals surface area contributed by atoms with Gasteiger partial charge in [-0.2, -0.15) is 11.8 Å². The van der Waals surface area contributed by atoms with Crippen molar-refractivity contribution in [3.05, 3.63) is 35.9 Å². The van der Waals surface area contributed by atoms with Crippen LogP contribution in [0, 0.1) is 11.8 Å². The van der Waals surface area contributed by atoms with Gasteiger partial charge in [0.15, 0.2) is 0 Å². The van der Waals surface area contributed by atoms with Gasteiger partial charge < -0.3 is 15.4 Å². The van der Waals surface area contributed by atoms with Crippen molar-refractivity contribution in [1.29, 1.82) is 0 Å². The molecular weight excluding hydrogens is 569 g/mol. The molecule has 236 valence electrons. The molecule has 0 bridgehead atoms. The molecular formula is C32H52N4O4S2. The Labute approximate surface area is 261 Å². The molecule has 1 aliphatic carbocycles. The number of benzene rings is 1. The first-order valence-corrected chi connectivity index (χ1v) is 18.1. The number of nitrogens with zero attached hydrogens (tertiary/aromatic N) is 2. The Bertz CT molecular complexity index is 961. The normalized spacial score (nSPS) is 17.8. The van der Waals surface area contributed by atoms with Crippen molar-refractivity contribution in [2.75, 3.05) is 49.8 Å². The predicted molar refractivity (Wildman–Crippen MR) is 175 cm³/mol. The number of carbonyl (C=O) groups excluding carboxylic acids is 3. The first-order chi connectivity index (χ1) is 20.1. The molecule has 2 N–H and O–H groups in total. The van der Waals surface area contributed by atoms with E-state index < -0.39 is 17.7 Å². The maximum absolute atomic E-state index is 13.4. The van der Waals surface area contributed by atoms with Crippen LogP contribution in [0.25, 0.3) is 0 Å². The number of thioether (sulfide) groups is 2. The lowest BCUT2D eigenvalue weighted by Crippen LogP contribution is -2.52. The van der Waals surface area contributed by atoms with E-state index in [9.17, 15) is 14.4 Å². The number of amides is 3. The lowest BCUT2D eigenvalue weighted by Gasteiger charge is -2.32. The lowest BCUT2D eigenvalue weighted by molar-refractivity contribution is -0.129. The molecule has 1 aromatic carbocycles. The van der Waals surface area contributed by atoms with E-state index in [4.69, 9.17) is 4.74 Å². The van der Waals surface area contributed by atoms with Gasteiger partial charge in [-0.1, -0.05) is 49.6 Å². The third kappa shape index (κ3) is 13.2. The lowest BCUT2D eigenvalue weighted by atomic mass is 9.91. The summed E-state index contributed by atoms with van der Waals surface area (Å²) in [6.07, 6.45) is 9.81. The van der Waals surface area contributed by atoms with Crippen LogP contribution in [0.5, 0.6) is 0 Å². The second kappa shape index (κ2) is 18.0. The van der Waals surface area contributed by atoms with Gasteiger partial charge in [-0.25, -0.2) is 4.79 Å². The molecule has 1 heterocycles. The van der Waals surface area contributed by atoms with Crippen LogP contribution >= 0.6 is 23.5 Å². The van der Waals surface area contributed by atoms with Gasteiger partial charge in [0.2, 0.25) is 11.8 Å². The van der Waals surface area contributed by atoms with Gasteiger partial charge in [0.25, 0.3) is 0 Å². The van der Waals surface area contributed by atoms with E-state index in [0.29, 0.717) is 30.0 Å². The van der Waals surface area contributed by atoms with Crippen LogP contribution < -0.4 is 10.6 Å². The average Bonchev–Trinajstić information content (AvgIpc) is 2.96. The summed E-state index contributed by atoms with van der Waals surface area (Å²) in [4.78, 5) is 43.0. The summed E-state index contributed by atoms with van der Waals surface area (Å²) in [7, 11) is 0. The summed E-state index contributed by atoms with van der Waals surface area (Å²) in [5.74, 6) is 2.50. The number of likely N-dealkylation sites (tertiary alicyclic amines) is 1. The molecule has 0 spiro atoms. The molecule has 0 aromatic heterocycles. The number of carbonyl (C=O) groups is 3. The molecule has 3 rings (SSSR count). The Morgan fingerprint density at radius 3 is 2.36 bits per heavy atom. The van der Waals surface area contributed by atoms with Crippen LogP contribution in [0.3, 0.4) is 0 Å². The van der Waals surface area contributed by atoms with Crippen LogP contribution in [-0.4, -0.2) is 89.2 Å². The number of ether oxygens (including phenoxy) is 1. The molecule has 1 aromatic rings. The first kappa shape index (κ1) is 34.6. The van der Waals surface area contributed by atoms with Crippen molar-refractivity contribution in [2.24, 2.45) is 11.8 Å². The van der Waals surface area contributed by atoms with Crippen molar-refractivity contribution >= 4 is 41.4 Å². The van der Waals surface area contributed by atoms with E-state index in [1.54, 1.807) is 32.5 Å². The molecule has 0 radical (unpaired) electrons. The van der Waals surface area contributed by atoms with Crippen LogP contribution in [0.1, 0.15) is 71.3 Å². The van der Waals surface area contributed by atoms with Gasteiger partial charge in [0.05, 0.1) is 5.88 Å². The predicted octanol–water partition coefficient (Wildman–Crippen LogP) is 5.37. The summed E-state index contributed by atoms with van der Waals surface area (Å²) in [6, 6.07) is 9.90. The molecule has 1 saturated heterocycles. The Kier molecular flexibility index (Phi) is 14.8. The summed E-state index contributed by atoms with van der Waals surface area (Å²) >= 11 is 3.20. The van der Waals surface area contributed by atoms with Crippen molar-refractivity contribution in [1.82, 2.24) is 20.4 Å². The molecule has 1 unspecified atom stereocenters. The quantitative estimate of drug-likeness (QED) is 0.270. The Hall–Kier alpha value is -1.91. The minimum absolute atomic E-state index is 0.139. The largest absolute Gasteiger partial charge is 0.444 e. The summed E-state index contributed by atoms with van der Waals surface area (Å²) in [5.41, 5.74) is 0.677. The second-order valence-corrected chi connectivity index (χ2v) is 14.6. The van der Waals surface area contributed by atoms with Gasteiger partial charge in [-0.3, -0.25) is 19.4 Å². The van der Waals surface area contributed by atoms with E-state index in [0.717, 1.165) is 38.2 Å². The van der Waals surface area contributed by atoms with Gasteiger partial charge in [-0.05, 0) is 89.0 Å². The minimum atomic E-state index is -0.653. The van der Waals surface area contributed by atoms with E-state index in [1.807, 2.05) is 12.3 Å². The molecule has 1 saturated carbocycles. The average molecular weight is 621 g/mol. The zero-order valence-electron chi connectivity index (χ0n) is 26.1. The number of hydrogen-bond donors (Lipinski definition) is 2. The standard InChI is InChI=1S/C32H52N4O4S2/c1-32(2,3)40-31(39)36(24-41-4)21-29(37)34-28(23-42-22-27-13-9-6-10-14-27)30(38)33-19-25-15-17-35(18-16-25)20-26-11-7-5-8-12-26/h5,7-8,11-12,25,27-28H,6,9-10,13-24H2,1-4H3,(H,33,38)(H,34,37). The Morgan fingerprint density at radius 1 is 1.02 bits per heavy atom. The molecule has 2 aliphatic rings. The number of hydrogen-bond acceptors (Lipinski definition) is 7. The SMILES string of the molecule is CSCN(CC(=O)NC(CSCC1CCCCC1)C(=O)NCC1CCN(Cc2ccccc2)CC1)C(=O)OC(C)(C)C. The van der Waals surface area contributed by atoms with Gasteiger partial charge >= 0.3 is 6.09 Å². The van der Waals surface area contributed by atoms with Gasteiger partial charge in [0.1, 0.15) is 18.2 Å². The number of rotatable bonds is 14. The fraction of sp³-hybridized carbons (Fsp3) is 0.719. The fourth-order valence-electron chi connectivity index (χ4n) is 5.51. The van der Waals surface area contributed by atoms with Gasteiger partial charge in [-0.15, -0.1) is 11.8 Å². The van der Waals surface area contributed by atoms with Gasteiger partial charge in [0, 0.05) is 18.8 Å². The maximum Gasteiger partial charge on any atom is 0.411 e. The Balaban J connectivity index is 1.51. The highest BCUT2D eigenvalue weighted by atomic mass is 32.2. The van der Waals surface area contributed by atoms with Crippen molar-refractivity contribution in [2.45, 2.75) is 83.9 Å². The molecule has 42 heavy (non-hydrogen) atoms. The number of nitrogens with one attached hydrogen (secondary N) is 2. The van der Waals surface area contributed by atoms with E-state index in [-0.39, 0.29) is 18.4 Å². The van der Waals surface area contributed by atoms with E-state index >= 15 is 0 Å². The monoisotopic (exact) mass is 620 g/mol. The third-order valence-corrected chi connectivity index (χ3v) is 9.65. The summed E-state index contributed by atoms with van der Waals surface area (Å²) in [6.45, 7) is 8.88. The van der Waals surface area contributed by atoms with Crippen molar-refractivity contribution in [3.63, 3.8) is 0 Å². The molecule has 1 aliphatic heterocycles. The molecule has 10 heteroatoms. The number of piperidine rings is 1. The summed E-state index contributed by atoms with van der Waals surface area (Å²) in [5, 5.41) is 6.09. The third-order valence-electron chi connectivity index (χ3n) is 7.81. The fourth-order valence-corrected chi connectivity index (χ4v) is 7.29. The highest BCUT2D eigenvalue weighted by molar-refractivity contribution is 7.99. The molecule has 2 fully saturated rings. The smallest absolute Gasteiger partial charge is 0.411 e. The second-order valence-electron chi connectivity index (χ2n) is 12.7. The van der Waals surface area contributed by atoms with Crippen molar-refractivity contribution in [3.8, 4) is 0 Å². The zero-order chi connectivity index (χ0) is 30.4. The van der Waals surface area contributed by atoms with Crippen molar-refractivity contribution < 1.29 is 19.1 Å². The van der Waals surface area contributed by atoms with Crippen LogP contribution in [-0.2, 0) is 20.9 Å². The zero-order valence-corrected chi connectivity index (χ0v) is 27.7. The highest BCUT2D eigenvalue weighted by Crippen LogP contribution is 2.27. The van der Waals surface area contributed by atoms with E-state index in [2.05, 4.69) is 39.8 Å². The van der Waals surface area contributed by atoms with E-state index in [1.165, 1.54) is 54.3 Å². The molecule has 3 amide bonds. The van der Waals surface area contributed by atoms with Crippen LogP contribution in [0.4, 0.5) is 4.79 Å². The van der Waals surface area contributed by atoms with Crippen LogP contribution in [0.15, 0.2) is 30.3 Å².